The maximum absolute atomic E-state index is 12.6. The molecule has 0 bridgehead atoms. The highest BCUT2D eigenvalue weighted by Crippen LogP contribution is 2.28. The first-order valence-corrected chi connectivity index (χ1v) is 10.7. The average Bonchev–Trinajstić information content (AvgIpc) is 3.05. The van der Waals surface area contributed by atoms with E-state index in [1.807, 2.05) is 0 Å². The Morgan fingerprint density at radius 1 is 1.07 bits per heavy atom. The van der Waals surface area contributed by atoms with Crippen molar-refractivity contribution in [2.45, 2.75) is 39.2 Å². The number of fused-ring (bicyclic) bond motifs is 1. The molecule has 1 fully saturated rings. The third-order valence-electron chi connectivity index (χ3n) is 5.57. The highest BCUT2D eigenvalue weighted by molar-refractivity contribution is 7.19. The van der Waals surface area contributed by atoms with Gasteiger partial charge in [0.2, 0.25) is 0 Å². The van der Waals surface area contributed by atoms with Crippen molar-refractivity contribution >= 4 is 27.2 Å². The van der Waals surface area contributed by atoms with Crippen LogP contribution in [0.2, 0.25) is 0 Å². The van der Waals surface area contributed by atoms with Gasteiger partial charge < -0.3 is 0 Å². The fourth-order valence-corrected chi connectivity index (χ4v) is 5.16. The Hall–Kier alpha value is -1.97. The van der Waals surface area contributed by atoms with Crippen molar-refractivity contribution in [2.24, 2.45) is 5.92 Å². The van der Waals surface area contributed by atoms with Gasteiger partial charge in [-0.1, -0.05) is 48.0 Å². The number of hydrogen-bond acceptors (Lipinski definition) is 3. The van der Waals surface area contributed by atoms with E-state index < -0.39 is 0 Å². The van der Waals surface area contributed by atoms with Crippen molar-refractivity contribution in [1.29, 1.82) is 0 Å². The lowest BCUT2D eigenvalue weighted by molar-refractivity contribution is -0.119. The minimum absolute atomic E-state index is 0.403. The number of rotatable bonds is 6. The molecular weight excluding hydrogens is 350 g/mol. The maximum Gasteiger partial charge on any atom is 0.138 e. The van der Waals surface area contributed by atoms with Gasteiger partial charge in [0.05, 0.1) is 0 Å². The number of hydrogen-bond donors (Lipinski definition) is 0. The highest BCUT2D eigenvalue weighted by Gasteiger charge is 2.22. The minimum Gasteiger partial charge on any atom is -0.299 e. The van der Waals surface area contributed by atoms with Crippen molar-refractivity contribution in [3.05, 3.63) is 70.6 Å². The molecule has 2 aromatic carbocycles. The van der Waals surface area contributed by atoms with E-state index in [4.69, 9.17) is 0 Å². The van der Waals surface area contributed by atoms with E-state index in [1.165, 1.54) is 26.1 Å². The molecule has 1 aliphatic heterocycles. The number of Topliss-reactive ketones (excluding diaryl/α,β-unsaturated/α-hetero) is 1. The zero-order chi connectivity index (χ0) is 18.6. The number of nitrogens with zero attached hydrogens (tertiary/aromatic N) is 1. The lowest BCUT2D eigenvalue weighted by Gasteiger charge is -2.31. The standard InChI is InChI=1S/C24H27NOS/c1-18-7-8-24-21(13-18)15-23(27-24)16-22(26)14-19-9-11-25(12-10-19)17-20-5-3-2-4-6-20/h2-8,13,15,19H,9-12,14,16-17H2,1H3. The molecule has 0 spiro atoms. The number of benzene rings is 2. The highest BCUT2D eigenvalue weighted by atomic mass is 32.1. The van der Waals surface area contributed by atoms with Crippen molar-refractivity contribution < 1.29 is 4.79 Å². The summed E-state index contributed by atoms with van der Waals surface area (Å²) in [5.74, 6) is 0.959. The first-order valence-electron chi connectivity index (χ1n) is 9.93. The summed E-state index contributed by atoms with van der Waals surface area (Å²) in [6.45, 7) is 5.36. The van der Waals surface area contributed by atoms with Crippen LogP contribution in [0.1, 0.15) is 35.3 Å². The lowest BCUT2D eigenvalue weighted by atomic mass is 9.90. The molecule has 3 heteroatoms. The second kappa shape index (κ2) is 8.37. The van der Waals surface area contributed by atoms with E-state index in [0.717, 1.165) is 38.9 Å². The van der Waals surface area contributed by atoms with Gasteiger partial charge in [-0.2, -0.15) is 0 Å². The van der Waals surface area contributed by atoms with Crippen LogP contribution >= 0.6 is 11.3 Å². The van der Waals surface area contributed by atoms with Crippen molar-refractivity contribution in [3.8, 4) is 0 Å². The number of ketones is 1. The monoisotopic (exact) mass is 377 g/mol. The van der Waals surface area contributed by atoms with Crippen LogP contribution in [0.15, 0.2) is 54.6 Å². The van der Waals surface area contributed by atoms with Gasteiger partial charge in [-0.3, -0.25) is 9.69 Å². The molecule has 1 aliphatic rings. The van der Waals surface area contributed by atoms with Gasteiger partial charge in [0.1, 0.15) is 5.78 Å². The predicted octanol–water partition coefficient (Wildman–Crippen LogP) is 5.62. The molecule has 0 unspecified atom stereocenters. The summed E-state index contributed by atoms with van der Waals surface area (Å²) in [4.78, 5) is 16.3. The second-order valence-electron chi connectivity index (χ2n) is 7.88. The molecule has 27 heavy (non-hydrogen) atoms. The van der Waals surface area contributed by atoms with Crippen LogP contribution in [-0.4, -0.2) is 23.8 Å². The van der Waals surface area contributed by atoms with Crippen molar-refractivity contribution in [2.75, 3.05) is 13.1 Å². The van der Waals surface area contributed by atoms with Crippen LogP contribution < -0.4 is 0 Å². The average molecular weight is 378 g/mol. The van der Waals surface area contributed by atoms with Crippen molar-refractivity contribution in [1.82, 2.24) is 4.90 Å². The molecule has 4 rings (SSSR count). The Balaban J connectivity index is 1.26. The van der Waals surface area contributed by atoms with Crippen LogP contribution in [0, 0.1) is 12.8 Å². The fourth-order valence-electron chi connectivity index (χ4n) is 4.08. The number of carbonyl (C=O) groups is 1. The summed E-state index contributed by atoms with van der Waals surface area (Å²) in [7, 11) is 0. The largest absolute Gasteiger partial charge is 0.299 e. The van der Waals surface area contributed by atoms with Gasteiger partial charge in [-0.25, -0.2) is 0 Å². The zero-order valence-electron chi connectivity index (χ0n) is 16.0. The molecule has 0 N–H and O–H groups in total. The first-order chi connectivity index (χ1) is 13.2. The molecule has 1 saturated heterocycles. The molecule has 1 aromatic heterocycles. The molecule has 0 atom stereocenters. The Bertz CT molecular complexity index is 907. The van der Waals surface area contributed by atoms with Crippen LogP contribution in [-0.2, 0) is 17.8 Å². The van der Waals surface area contributed by atoms with Gasteiger partial charge in [0.25, 0.3) is 0 Å². The second-order valence-corrected chi connectivity index (χ2v) is 9.05. The summed E-state index contributed by atoms with van der Waals surface area (Å²) in [5, 5.41) is 1.28. The molecule has 0 radical (unpaired) electrons. The molecular formula is C24H27NOS. The first kappa shape index (κ1) is 18.4. The summed E-state index contributed by atoms with van der Waals surface area (Å²) < 4.78 is 1.29. The van der Waals surface area contributed by atoms with E-state index in [1.54, 1.807) is 11.3 Å². The van der Waals surface area contributed by atoms with Crippen LogP contribution in [0.4, 0.5) is 0 Å². The Kier molecular flexibility index (Phi) is 5.70. The van der Waals surface area contributed by atoms with E-state index in [-0.39, 0.29) is 0 Å². The number of thiophene rings is 1. The van der Waals surface area contributed by atoms with E-state index in [2.05, 4.69) is 66.4 Å². The van der Waals surface area contributed by atoms with E-state index in [0.29, 0.717) is 18.1 Å². The Morgan fingerprint density at radius 3 is 2.63 bits per heavy atom. The van der Waals surface area contributed by atoms with Gasteiger partial charge in [0, 0.05) is 29.0 Å². The lowest BCUT2D eigenvalue weighted by Crippen LogP contribution is -2.34. The summed E-state index contributed by atoms with van der Waals surface area (Å²) >= 11 is 1.77. The molecule has 2 heterocycles. The molecule has 0 aliphatic carbocycles. The minimum atomic E-state index is 0.403. The fraction of sp³-hybridized carbons (Fsp3) is 0.375. The topological polar surface area (TPSA) is 20.3 Å². The maximum atomic E-state index is 12.6. The van der Waals surface area contributed by atoms with Crippen LogP contribution in [0.5, 0.6) is 0 Å². The third kappa shape index (κ3) is 4.85. The molecule has 3 aromatic rings. The number of likely N-dealkylation sites (tertiary alicyclic amines) is 1. The third-order valence-corrected chi connectivity index (χ3v) is 6.68. The summed E-state index contributed by atoms with van der Waals surface area (Å²) in [6.07, 6.45) is 3.63. The number of carbonyl (C=O) groups excluding carboxylic acids is 1. The molecule has 0 amide bonds. The van der Waals surface area contributed by atoms with Gasteiger partial charge in [-0.15, -0.1) is 11.3 Å². The van der Waals surface area contributed by atoms with Crippen LogP contribution in [0.3, 0.4) is 0 Å². The van der Waals surface area contributed by atoms with Gasteiger partial charge in [-0.05, 0) is 61.9 Å². The molecule has 2 nitrogen and oxygen atoms in total. The smallest absolute Gasteiger partial charge is 0.138 e. The van der Waals surface area contributed by atoms with Crippen LogP contribution in [0.25, 0.3) is 10.1 Å². The zero-order valence-corrected chi connectivity index (χ0v) is 16.8. The predicted molar refractivity (Wildman–Crippen MR) is 114 cm³/mol. The van der Waals surface area contributed by atoms with Crippen molar-refractivity contribution in [3.63, 3.8) is 0 Å². The Morgan fingerprint density at radius 2 is 1.85 bits per heavy atom. The van der Waals surface area contributed by atoms with E-state index in [9.17, 15) is 4.79 Å². The van der Waals surface area contributed by atoms with E-state index >= 15 is 0 Å². The number of aryl methyl sites for hydroxylation is 1. The van der Waals surface area contributed by atoms with Gasteiger partial charge >= 0.3 is 0 Å². The Labute approximate surface area is 165 Å². The summed E-state index contributed by atoms with van der Waals surface area (Å²) in [6, 6.07) is 19.4. The SMILES string of the molecule is Cc1ccc2sc(CC(=O)CC3CCN(Cc4ccccc4)CC3)cc2c1. The number of piperidine rings is 1. The van der Waals surface area contributed by atoms with Gasteiger partial charge in [0.15, 0.2) is 0 Å². The molecule has 140 valence electrons. The molecule has 0 saturated carbocycles. The summed E-state index contributed by atoms with van der Waals surface area (Å²) in [5.41, 5.74) is 2.66. The quantitative estimate of drug-likeness (QED) is 0.555. The normalized spacial score (nSPS) is 16.0.